The first-order valence-electron chi connectivity index (χ1n) is 11.0. The van der Waals surface area contributed by atoms with E-state index in [-0.39, 0.29) is 24.3 Å². The zero-order valence-corrected chi connectivity index (χ0v) is 18.8. The second kappa shape index (κ2) is 9.33. The van der Waals surface area contributed by atoms with Crippen molar-refractivity contribution in [3.05, 3.63) is 53.1 Å². The first-order chi connectivity index (χ1) is 15.4. The fourth-order valence-corrected chi connectivity index (χ4v) is 4.04. The van der Waals surface area contributed by atoms with Gasteiger partial charge in [0.2, 0.25) is 5.91 Å². The van der Waals surface area contributed by atoms with E-state index in [0.29, 0.717) is 31.2 Å². The van der Waals surface area contributed by atoms with Gasteiger partial charge in [-0.3, -0.25) is 4.79 Å². The van der Waals surface area contributed by atoms with Gasteiger partial charge in [-0.15, -0.1) is 5.10 Å². The van der Waals surface area contributed by atoms with Crippen LogP contribution in [0.1, 0.15) is 35.6 Å². The number of urea groups is 1. The molecule has 32 heavy (non-hydrogen) atoms. The normalized spacial score (nSPS) is 16.2. The lowest BCUT2D eigenvalue weighted by molar-refractivity contribution is -0.132. The minimum atomic E-state index is -0.232. The molecule has 1 aromatic carbocycles. The first kappa shape index (κ1) is 21.7. The molecule has 3 amide bonds. The molecule has 9 nitrogen and oxygen atoms in total. The van der Waals surface area contributed by atoms with Crippen molar-refractivity contribution in [2.75, 3.05) is 25.0 Å². The third-order valence-electron chi connectivity index (χ3n) is 5.70. The topological polar surface area (TPSA) is 105 Å². The van der Waals surface area contributed by atoms with Crippen LogP contribution in [0.2, 0.25) is 0 Å². The maximum atomic E-state index is 12.9. The van der Waals surface area contributed by atoms with Crippen molar-refractivity contribution < 1.29 is 9.59 Å². The Morgan fingerprint density at radius 1 is 1.12 bits per heavy atom. The number of anilines is 1. The predicted molar refractivity (Wildman–Crippen MR) is 121 cm³/mol. The number of benzene rings is 1. The van der Waals surface area contributed by atoms with Gasteiger partial charge in [-0.1, -0.05) is 17.7 Å². The highest BCUT2D eigenvalue weighted by Crippen LogP contribution is 2.17. The van der Waals surface area contributed by atoms with Gasteiger partial charge in [0.05, 0.1) is 6.42 Å². The molecule has 1 fully saturated rings. The van der Waals surface area contributed by atoms with Gasteiger partial charge < -0.3 is 15.5 Å². The maximum absolute atomic E-state index is 12.9. The number of nitrogens with one attached hydrogen (secondary N) is 2. The number of hydrogen-bond donors (Lipinski definition) is 2. The minimum Gasteiger partial charge on any atom is -0.342 e. The van der Waals surface area contributed by atoms with E-state index in [1.54, 1.807) is 4.52 Å². The number of carbonyl (C=O) groups is 2. The van der Waals surface area contributed by atoms with Gasteiger partial charge in [-0.2, -0.15) is 4.98 Å². The molecule has 9 heteroatoms. The van der Waals surface area contributed by atoms with E-state index < -0.39 is 0 Å². The van der Waals surface area contributed by atoms with Crippen LogP contribution in [0.15, 0.2) is 30.3 Å². The second-order valence-corrected chi connectivity index (χ2v) is 8.50. The Morgan fingerprint density at radius 2 is 1.91 bits per heavy atom. The molecule has 168 valence electrons. The SMILES string of the molecule is Cc1ccc(NC(=O)NCC2CCCN(C(=O)Cc3nc4nc(C)cc(C)n4n3)C2)cc1. The number of aromatic nitrogens is 4. The number of piperidine rings is 1. The third-order valence-corrected chi connectivity index (χ3v) is 5.70. The Balaban J connectivity index is 1.29. The summed E-state index contributed by atoms with van der Waals surface area (Å²) in [6.07, 6.45) is 2.04. The highest BCUT2D eigenvalue weighted by Gasteiger charge is 2.25. The molecule has 0 bridgehead atoms. The molecule has 1 aliphatic rings. The predicted octanol–water partition coefficient (Wildman–Crippen LogP) is 2.65. The maximum Gasteiger partial charge on any atom is 0.319 e. The van der Waals surface area contributed by atoms with E-state index in [1.807, 2.05) is 56.0 Å². The molecule has 2 aromatic heterocycles. The van der Waals surface area contributed by atoms with Gasteiger partial charge in [0.25, 0.3) is 5.78 Å². The van der Waals surface area contributed by atoms with E-state index in [4.69, 9.17) is 0 Å². The van der Waals surface area contributed by atoms with Crippen LogP contribution in [0.4, 0.5) is 10.5 Å². The number of nitrogens with zero attached hydrogens (tertiary/aromatic N) is 5. The zero-order chi connectivity index (χ0) is 22.7. The van der Waals surface area contributed by atoms with Crippen molar-refractivity contribution in [1.82, 2.24) is 29.8 Å². The van der Waals surface area contributed by atoms with Crippen molar-refractivity contribution in [1.29, 1.82) is 0 Å². The van der Waals surface area contributed by atoms with Crippen molar-refractivity contribution in [3.8, 4) is 0 Å². The molecule has 3 aromatic rings. The van der Waals surface area contributed by atoms with Crippen molar-refractivity contribution in [3.63, 3.8) is 0 Å². The van der Waals surface area contributed by atoms with Gasteiger partial charge in [0, 0.05) is 36.7 Å². The number of amides is 3. The van der Waals surface area contributed by atoms with Gasteiger partial charge in [0.1, 0.15) is 0 Å². The van der Waals surface area contributed by atoms with Crippen LogP contribution in [0.25, 0.3) is 5.78 Å². The highest BCUT2D eigenvalue weighted by molar-refractivity contribution is 5.89. The number of rotatable bonds is 5. The molecule has 0 aliphatic carbocycles. The monoisotopic (exact) mass is 435 g/mol. The van der Waals surface area contributed by atoms with Gasteiger partial charge in [-0.05, 0) is 57.7 Å². The van der Waals surface area contributed by atoms with Crippen LogP contribution >= 0.6 is 0 Å². The summed E-state index contributed by atoms with van der Waals surface area (Å²) >= 11 is 0. The fourth-order valence-electron chi connectivity index (χ4n) is 4.04. The minimum absolute atomic E-state index is 0.00379. The Labute approximate surface area is 187 Å². The van der Waals surface area contributed by atoms with Crippen LogP contribution in [0.3, 0.4) is 0 Å². The Kier molecular flexibility index (Phi) is 6.34. The molecule has 0 spiro atoms. The summed E-state index contributed by atoms with van der Waals surface area (Å²) in [5.41, 5.74) is 3.71. The molecule has 1 atom stereocenters. The van der Waals surface area contributed by atoms with Gasteiger partial charge >= 0.3 is 6.03 Å². The summed E-state index contributed by atoms with van der Waals surface area (Å²) < 4.78 is 1.67. The summed E-state index contributed by atoms with van der Waals surface area (Å²) in [7, 11) is 0. The molecular formula is C23H29N7O2. The van der Waals surface area contributed by atoms with Gasteiger partial charge in [-0.25, -0.2) is 14.3 Å². The molecule has 4 rings (SSSR count). The number of likely N-dealkylation sites (tertiary alicyclic amines) is 1. The second-order valence-electron chi connectivity index (χ2n) is 8.50. The first-order valence-corrected chi connectivity index (χ1v) is 11.0. The Morgan fingerprint density at radius 3 is 2.69 bits per heavy atom. The molecule has 1 aliphatic heterocycles. The fraction of sp³-hybridized carbons (Fsp3) is 0.435. The summed E-state index contributed by atoms with van der Waals surface area (Å²) in [6, 6.07) is 9.37. The van der Waals surface area contributed by atoms with Crippen molar-refractivity contribution in [2.24, 2.45) is 5.92 Å². The van der Waals surface area contributed by atoms with Gasteiger partial charge in [0.15, 0.2) is 5.82 Å². The Bertz CT molecular complexity index is 1120. The van der Waals surface area contributed by atoms with E-state index >= 15 is 0 Å². The smallest absolute Gasteiger partial charge is 0.319 e. The average Bonchev–Trinajstić information content (AvgIpc) is 3.17. The molecule has 1 saturated heterocycles. The van der Waals surface area contributed by atoms with E-state index in [1.165, 1.54) is 0 Å². The summed E-state index contributed by atoms with van der Waals surface area (Å²) in [6.45, 7) is 7.72. The number of aryl methyl sites for hydroxylation is 3. The quantitative estimate of drug-likeness (QED) is 0.641. The lowest BCUT2D eigenvalue weighted by Crippen LogP contribution is -2.44. The van der Waals surface area contributed by atoms with E-state index in [2.05, 4.69) is 25.7 Å². The molecule has 3 heterocycles. The lowest BCUT2D eigenvalue weighted by atomic mass is 9.97. The van der Waals surface area contributed by atoms with Crippen LogP contribution in [0, 0.1) is 26.7 Å². The number of hydrogen-bond acceptors (Lipinski definition) is 5. The van der Waals surface area contributed by atoms with Crippen LogP contribution in [0.5, 0.6) is 0 Å². The summed E-state index contributed by atoms with van der Waals surface area (Å²) in [4.78, 5) is 35.7. The number of fused-ring (bicyclic) bond motifs is 1. The van der Waals surface area contributed by atoms with Crippen LogP contribution < -0.4 is 10.6 Å². The standard InChI is InChI=1S/C23H29N7O2/c1-15-6-8-19(9-7-15)26-23(32)24-13-18-5-4-10-29(14-18)21(31)12-20-27-22-25-16(2)11-17(3)30(22)28-20/h6-9,11,18H,4-5,10,12-14H2,1-3H3,(H2,24,26,32). The summed E-state index contributed by atoms with van der Waals surface area (Å²) in [5, 5.41) is 10.2. The van der Waals surface area contributed by atoms with E-state index in [9.17, 15) is 9.59 Å². The third kappa shape index (κ3) is 5.22. The van der Waals surface area contributed by atoms with Crippen molar-refractivity contribution >= 4 is 23.4 Å². The molecule has 0 saturated carbocycles. The van der Waals surface area contributed by atoms with Crippen LogP contribution in [-0.4, -0.2) is 56.1 Å². The highest BCUT2D eigenvalue weighted by atomic mass is 16.2. The number of carbonyl (C=O) groups excluding carboxylic acids is 2. The zero-order valence-electron chi connectivity index (χ0n) is 18.8. The molecule has 1 unspecified atom stereocenters. The van der Waals surface area contributed by atoms with Crippen molar-refractivity contribution in [2.45, 2.75) is 40.0 Å². The Hall–Kier alpha value is -3.49. The van der Waals surface area contributed by atoms with E-state index in [0.717, 1.165) is 35.5 Å². The molecular weight excluding hydrogens is 406 g/mol. The largest absolute Gasteiger partial charge is 0.342 e. The molecule has 0 radical (unpaired) electrons. The van der Waals surface area contributed by atoms with Crippen LogP contribution in [-0.2, 0) is 11.2 Å². The summed E-state index contributed by atoms with van der Waals surface area (Å²) in [5.74, 6) is 1.22. The molecule has 2 N–H and O–H groups in total. The lowest BCUT2D eigenvalue weighted by Gasteiger charge is -2.32. The average molecular weight is 436 g/mol.